The summed E-state index contributed by atoms with van der Waals surface area (Å²) in [4.78, 5) is 4.14. The van der Waals surface area contributed by atoms with Gasteiger partial charge in [-0.3, -0.25) is 5.43 Å². The number of hydrogen-bond donors (Lipinski definition) is 1. The molecule has 0 spiro atoms. The van der Waals surface area contributed by atoms with Gasteiger partial charge in [-0.15, -0.1) is 0 Å². The number of anilines is 1. The number of unbranched alkanes of at least 4 members (excludes halogenated alkanes) is 1. The third-order valence-electron chi connectivity index (χ3n) is 3.08. The number of nitrogens with zero attached hydrogens (tertiary/aromatic N) is 2. The average molecular weight is 313 g/mol. The maximum atomic E-state index is 5.76. The van der Waals surface area contributed by atoms with Crippen LogP contribution in [0.3, 0.4) is 0 Å². The van der Waals surface area contributed by atoms with E-state index in [1.807, 2.05) is 43.3 Å². The molecule has 1 heterocycles. The normalized spacial score (nSPS) is 10.7. The van der Waals surface area contributed by atoms with Crippen LogP contribution < -0.4 is 14.9 Å². The quantitative estimate of drug-likeness (QED) is 0.430. The van der Waals surface area contributed by atoms with Crippen molar-refractivity contribution in [3.05, 3.63) is 48.2 Å². The van der Waals surface area contributed by atoms with E-state index in [1.165, 1.54) is 0 Å². The molecule has 2 aromatic rings. The van der Waals surface area contributed by atoms with E-state index in [4.69, 9.17) is 9.47 Å². The lowest BCUT2D eigenvalue weighted by Crippen LogP contribution is -2.01. The first-order valence-electron chi connectivity index (χ1n) is 7.93. The molecule has 0 amide bonds. The Morgan fingerprint density at radius 1 is 1.13 bits per heavy atom. The third-order valence-corrected chi connectivity index (χ3v) is 3.08. The smallest absolute Gasteiger partial charge is 0.161 e. The summed E-state index contributed by atoms with van der Waals surface area (Å²) in [6.45, 7) is 5.39. The number of rotatable bonds is 9. The summed E-state index contributed by atoms with van der Waals surface area (Å²) in [5.41, 5.74) is 3.82. The van der Waals surface area contributed by atoms with Gasteiger partial charge in [0.2, 0.25) is 0 Å². The Labute approximate surface area is 137 Å². The van der Waals surface area contributed by atoms with E-state index in [0.29, 0.717) is 19.0 Å². The van der Waals surface area contributed by atoms with Gasteiger partial charge < -0.3 is 9.47 Å². The van der Waals surface area contributed by atoms with Gasteiger partial charge in [-0.1, -0.05) is 19.4 Å². The molecule has 0 fully saturated rings. The number of aromatic nitrogens is 1. The van der Waals surface area contributed by atoms with E-state index in [0.717, 1.165) is 29.9 Å². The van der Waals surface area contributed by atoms with Crippen LogP contribution in [0.4, 0.5) is 5.82 Å². The first kappa shape index (κ1) is 16.8. The van der Waals surface area contributed by atoms with Crippen LogP contribution in [0.25, 0.3) is 0 Å². The molecule has 0 saturated heterocycles. The van der Waals surface area contributed by atoms with Crippen molar-refractivity contribution in [2.75, 3.05) is 18.6 Å². The molecule has 0 aliphatic heterocycles. The number of ether oxygens (including phenoxy) is 2. The predicted molar refractivity (Wildman–Crippen MR) is 93.5 cm³/mol. The molecule has 5 nitrogen and oxygen atoms in total. The fraction of sp³-hybridized carbons (Fsp3) is 0.333. The summed E-state index contributed by atoms with van der Waals surface area (Å²) in [6.07, 6.45) is 5.58. The van der Waals surface area contributed by atoms with Crippen molar-refractivity contribution >= 4 is 12.0 Å². The largest absolute Gasteiger partial charge is 0.490 e. The Kier molecular flexibility index (Phi) is 6.91. The first-order chi connectivity index (χ1) is 11.3. The van der Waals surface area contributed by atoms with E-state index in [-0.39, 0.29) is 0 Å². The van der Waals surface area contributed by atoms with Gasteiger partial charge in [0.25, 0.3) is 0 Å². The van der Waals surface area contributed by atoms with Crippen LogP contribution in [0.1, 0.15) is 32.3 Å². The summed E-state index contributed by atoms with van der Waals surface area (Å²) in [5.74, 6) is 2.22. The summed E-state index contributed by atoms with van der Waals surface area (Å²) in [6, 6.07) is 11.4. The molecule has 0 unspecified atom stereocenters. The Morgan fingerprint density at radius 3 is 2.78 bits per heavy atom. The van der Waals surface area contributed by atoms with Gasteiger partial charge in [0.15, 0.2) is 11.5 Å². The van der Waals surface area contributed by atoms with E-state index >= 15 is 0 Å². The molecule has 2 rings (SSSR count). The highest BCUT2D eigenvalue weighted by atomic mass is 16.5. The molecular formula is C18H23N3O2. The van der Waals surface area contributed by atoms with Crippen molar-refractivity contribution in [1.82, 2.24) is 4.98 Å². The Hall–Kier alpha value is -2.56. The minimum absolute atomic E-state index is 0.594. The maximum Gasteiger partial charge on any atom is 0.161 e. The molecule has 0 aliphatic carbocycles. The lowest BCUT2D eigenvalue weighted by molar-refractivity contribution is 0.272. The van der Waals surface area contributed by atoms with Crippen LogP contribution >= 0.6 is 0 Å². The summed E-state index contributed by atoms with van der Waals surface area (Å²) < 4.78 is 11.4. The van der Waals surface area contributed by atoms with Crippen LogP contribution in [-0.2, 0) is 0 Å². The molecule has 1 aromatic carbocycles. The summed E-state index contributed by atoms with van der Waals surface area (Å²) in [5, 5.41) is 4.18. The van der Waals surface area contributed by atoms with Crippen molar-refractivity contribution in [2.24, 2.45) is 5.10 Å². The van der Waals surface area contributed by atoms with Gasteiger partial charge >= 0.3 is 0 Å². The van der Waals surface area contributed by atoms with Crippen molar-refractivity contribution in [1.29, 1.82) is 0 Å². The van der Waals surface area contributed by atoms with Gasteiger partial charge in [-0.05, 0) is 49.2 Å². The van der Waals surface area contributed by atoms with E-state index < -0.39 is 0 Å². The maximum absolute atomic E-state index is 5.76. The molecule has 0 aliphatic rings. The lowest BCUT2D eigenvalue weighted by atomic mass is 10.2. The zero-order chi connectivity index (χ0) is 16.3. The van der Waals surface area contributed by atoms with E-state index in [9.17, 15) is 0 Å². The van der Waals surface area contributed by atoms with Crippen LogP contribution in [0.15, 0.2) is 47.7 Å². The highest BCUT2D eigenvalue weighted by Gasteiger charge is 2.05. The minimum atomic E-state index is 0.594. The van der Waals surface area contributed by atoms with Crippen molar-refractivity contribution in [3.63, 3.8) is 0 Å². The topological polar surface area (TPSA) is 55.7 Å². The molecular weight excluding hydrogens is 290 g/mol. The molecule has 122 valence electrons. The first-order valence-corrected chi connectivity index (χ1v) is 7.93. The zero-order valence-corrected chi connectivity index (χ0v) is 13.7. The number of nitrogens with one attached hydrogen (secondary N) is 1. The van der Waals surface area contributed by atoms with Gasteiger partial charge in [0, 0.05) is 6.20 Å². The molecule has 0 saturated carbocycles. The summed E-state index contributed by atoms with van der Waals surface area (Å²) in [7, 11) is 0. The second-order valence-corrected chi connectivity index (χ2v) is 4.93. The molecule has 23 heavy (non-hydrogen) atoms. The van der Waals surface area contributed by atoms with Crippen LogP contribution in [0, 0.1) is 0 Å². The Balaban J connectivity index is 2.02. The SMILES string of the molecule is CCCCOc1ccc(/C=N/Nc2ccccn2)cc1OCC. The second-order valence-electron chi connectivity index (χ2n) is 4.93. The molecule has 5 heteroatoms. The van der Waals surface area contributed by atoms with Crippen LogP contribution in [0.5, 0.6) is 11.5 Å². The fourth-order valence-electron chi connectivity index (χ4n) is 1.92. The minimum Gasteiger partial charge on any atom is -0.490 e. The van der Waals surface area contributed by atoms with E-state index in [2.05, 4.69) is 22.4 Å². The van der Waals surface area contributed by atoms with E-state index in [1.54, 1.807) is 12.4 Å². The highest BCUT2D eigenvalue weighted by molar-refractivity contribution is 5.81. The Morgan fingerprint density at radius 2 is 2.04 bits per heavy atom. The molecule has 1 N–H and O–H groups in total. The molecule has 0 atom stereocenters. The second kappa shape index (κ2) is 9.46. The highest BCUT2D eigenvalue weighted by Crippen LogP contribution is 2.28. The fourth-order valence-corrected chi connectivity index (χ4v) is 1.92. The lowest BCUT2D eigenvalue weighted by Gasteiger charge is -2.12. The molecule has 0 radical (unpaired) electrons. The van der Waals surface area contributed by atoms with Crippen LogP contribution in [-0.4, -0.2) is 24.4 Å². The number of hydrazone groups is 1. The predicted octanol–water partition coefficient (Wildman–Crippen LogP) is 4.11. The number of pyridine rings is 1. The van der Waals surface area contributed by atoms with Crippen molar-refractivity contribution in [2.45, 2.75) is 26.7 Å². The van der Waals surface area contributed by atoms with Gasteiger partial charge in [-0.2, -0.15) is 5.10 Å². The average Bonchev–Trinajstić information content (AvgIpc) is 2.58. The molecule has 1 aromatic heterocycles. The molecule has 0 bridgehead atoms. The van der Waals surface area contributed by atoms with Crippen LogP contribution in [0.2, 0.25) is 0 Å². The standard InChI is InChI=1S/C18H23N3O2/c1-3-5-12-23-16-10-9-15(13-17(16)22-4-2)14-20-21-18-8-6-7-11-19-18/h6-11,13-14H,3-5,12H2,1-2H3,(H,19,21)/b20-14+. The number of hydrogen-bond acceptors (Lipinski definition) is 5. The van der Waals surface area contributed by atoms with Crippen molar-refractivity contribution < 1.29 is 9.47 Å². The Bertz CT molecular complexity index is 615. The van der Waals surface area contributed by atoms with Gasteiger partial charge in [0.05, 0.1) is 19.4 Å². The van der Waals surface area contributed by atoms with Gasteiger partial charge in [0.1, 0.15) is 5.82 Å². The zero-order valence-electron chi connectivity index (χ0n) is 13.7. The van der Waals surface area contributed by atoms with Crippen molar-refractivity contribution in [3.8, 4) is 11.5 Å². The van der Waals surface area contributed by atoms with Gasteiger partial charge in [-0.25, -0.2) is 4.98 Å². The number of benzene rings is 1. The third kappa shape index (κ3) is 5.62. The monoisotopic (exact) mass is 313 g/mol. The summed E-state index contributed by atoms with van der Waals surface area (Å²) >= 11 is 0.